The van der Waals surface area contributed by atoms with Crippen LogP contribution in [0.2, 0.25) is 0 Å². The molecule has 0 saturated carbocycles. The Morgan fingerprint density at radius 3 is 2.55 bits per heavy atom. The average Bonchev–Trinajstić information content (AvgIpc) is 2.76. The number of guanidine groups is 1. The average molecular weight is 575 g/mol. The minimum absolute atomic E-state index is 0. The van der Waals surface area contributed by atoms with Gasteiger partial charge < -0.3 is 10.6 Å². The Kier molecular flexibility index (Phi) is 10.9. The summed E-state index contributed by atoms with van der Waals surface area (Å²) in [5, 5.41) is 6.81. The number of benzene rings is 1. The van der Waals surface area contributed by atoms with Crippen LogP contribution in [0, 0.1) is 6.92 Å². The van der Waals surface area contributed by atoms with E-state index < -0.39 is 11.7 Å². The zero-order valence-electron chi connectivity index (χ0n) is 19.2. The summed E-state index contributed by atoms with van der Waals surface area (Å²) in [6, 6.07) is 10.0. The molecule has 9 heteroatoms. The van der Waals surface area contributed by atoms with Crippen LogP contribution in [0.3, 0.4) is 0 Å². The van der Waals surface area contributed by atoms with Gasteiger partial charge in [0.25, 0.3) is 0 Å². The van der Waals surface area contributed by atoms with E-state index in [9.17, 15) is 13.2 Å². The van der Waals surface area contributed by atoms with Gasteiger partial charge in [0.15, 0.2) is 5.96 Å². The molecule has 1 aliphatic heterocycles. The van der Waals surface area contributed by atoms with Gasteiger partial charge in [-0.05, 0) is 56.4 Å². The first kappa shape index (κ1) is 27.4. The molecule has 1 saturated heterocycles. The van der Waals surface area contributed by atoms with Crippen molar-refractivity contribution >= 4 is 29.9 Å². The second-order valence-corrected chi connectivity index (χ2v) is 8.21. The van der Waals surface area contributed by atoms with Crippen LogP contribution in [0.25, 0.3) is 0 Å². The van der Waals surface area contributed by atoms with Crippen molar-refractivity contribution in [2.75, 3.05) is 26.2 Å². The van der Waals surface area contributed by atoms with Crippen molar-refractivity contribution in [2.24, 2.45) is 4.99 Å². The molecule has 0 aliphatic carbocycles. The molecule has 0 spiro atoms. The molecule has 0 atom stereocenters. The van der Waals surface area contributed by atoms with Crippen LogP contribution < -0.4 is 10.6 Å². The maximum absolute atomic E-state index is 12.9. The highest BCUT2D eigenvalue weighted by Crippen LogP contribution is 2.30. The summed E-state index contributed by atoms with van der Waals surface area (Å²) in [4.78, 5) is 11.2. The molecule has 2 N–H and O–H groups in total. The first-order valence-electron chi connectivity index (χ1n) is 11.2. The van der Waals surface area contributed by atoms with Gasteiger partial charge in [-0.1, -0.05) is 24.3 Å². The molecule has 33 heavy (non-hydrogen) atoms. The molecule has 0 unspecified atom stereocenters. The number of halogens is 4. The molecule has 1 fully saturated rings. The highest BCUT2D eigenvalue weighted by molar-refractivity contribution is 14.0. The molecule has 1 aromatic carbocycles. The van der Waals surface area contributed by atoms with Crippen molar-refractivity contribution in [3.05, 3.63) is 65.0 Å². The van der Waals surface area contributed by atoms with Crippen LogP contribution >= 0.6 is 24.0 Å². The Hall–Kier alpha value is -1.88. The van der Waals surface area contributed by atoms with Gasteiger partial charge >= 0.3 is 6.18 Å². The van der Waals surface area contributed by atoms with Gasteiger partial charge in [0.1, 0.15) is 0 Å². The Labute approximate surface area is 211 Å². The highest BCUT2D eigenvalue weighted by Gasteiger charge is 2.30. The summed E-state index contributed by atoms with van der Waals surface area (Å²) in [7, 11) is 0. The predicted molar refractivity (Wildman–Crippen MR) is 137 cm³/mol. The fourth-order valence-electron chi connectivity index (χ4n) is 3.80. The molecule has 2 heterocycles. The van der Waals surface area contributed by atoms with Gasteiger partial charge in [-0.3, -0.25) is 14.9 Å². The molecular weight excluding hydrogens is 542 g/mol. The number of nitrogens with one attached hydrogen (secondary N) is 2. The van der Waals surface area contributed by atoms with Gasteiger partial charge in [-0.25, -0.2) is 0 Å². The Balaban J connectivity index is 0.00000385. The first-order valence-corrected chi connectivity index (χ1v) is 11.2. The summed E-state index contributed by atoms with van der Waals surface area (Å²) in [5.41, 5.74) is 2.29. The van der Waals surface area contributed by atoms with Crippen molar-refractivity contribution < 1.29 is 13.2 Å². The van der Waals surface area contributed by atoms with Crippen LogP contribution in [0.15, 0.2) is 47.6 Å². The van der Waals surface area contributed by atoms with Gasteiger partial charge in [-0.15, -0.1) is 24.0 Å². The number of aryl methyl sites for hydroxylation is 1. The lowest BCUT2D eigenvalue weighted by molar-refractivity contribution is -0.137. The lowest BCUT2D eigenvalue weighted by Gasteiger charge is -2.33. The van der Waals surface area contributed by atoms with E-state index in [0.717, 1.165) is 62.2 Å². The second kappa shape index (κ2) is 13.1. The van der Waals surface area contributed by atoms with E-state index in [1.807, 2.05) is 26.1 Å². The molecular formula is C24H33F3IN5. The number of likely N-dealkylation sites (tertiary alicyclic amines) is 1. The molecule has 1 aromatic heterocycles. The largest absolute Gasteiger partial charge is 0.416 e. The van der Waals surface area contributed by atoms with Crippen LogP contribution in [0.4, 0.5) is 13.2 Å². The standard InChI is InChI=1S/C24H32F3N5.HI/c1-3-28-23(29-12-9-19-8-7-18(2)30-16-19)31-22-10-13-32(14-11-22)17-20-5-4-6-21(15-20)24(25,26)27;/h4-8,15-16,22H,3,9-14,17H2,1-2H3,(H2,28,29,31);1H. The maximum Gasteiger partial charge on any atom is 0.416 e. The number of rotatable bonds is 7. The molecule has 1 aliphatic rings. The smallest absolute Gasteiger partial charge is 0.357 e. The normalized spacial score (nSPS) is 15.7. The number of hydrogen-bond acceptors (Lipinski definition) is 3. The monoisotopic (exact) mass is 575 g/mol. The molecule has 0 bridgehead atoms. The summed E-state index contributed by atoms with van der Waals surface area (Å²) in [6.45, 7) is 7.68. The zero-order chi connectivity index (χ0) is 23.0. The van der Waals surface area contributed by atoms with Gasteiger partial charge in [-0.2, -0.15) is 13.2 Å². The zero-order valence-corrected chi connectivity index (χ0v) is 21.5. The number of nitrogens with zero attached hydrogens (tertiary/aromatic N) is 3. The van der Waals surface area contributed by atoms with Crippen molar-refractivity contribution in [1.82, 2.24) is 20.5 Å². The molecule has 2 aromatic rings. The van der Waals surface area contributed by atoms with E-state index in [1.165, 1.54) is 12.1 Å². The van der Waals surface area contributed by atoms with E-state index in [2.05, 4.69) is 26.6 Å². The summed E-state index contributed by atoms with van der Waals surface area (Å²) < 4.78 is 38.8. The summed E-state index contributed by atoms with van der Waals surface area (Å²) in [6.07, 6.45) is 0.270. The van der Waals surface area contributed by atoms with E-state index in [4.69, 9.17) is 4.99 Å². The highest BCUT2D eigenvalue weighted by atomic mass is 127. The number of hydrogen-bond donors (Lipinski definition) is 2. The fourth-order valence-corrected chi connectivity index (χ4v) is 3.80. The van der Waals surface area contributed by atoms with Crippen LogP contribution in [-0.4, -0.2) is 48.1 Å². The van der Waals surface area contributed by atoms with Gasteiger partial charge in [0.2, 0.25) is 0 Å². The number of alkyl halides is 3. The van der Waals surface area contributed by atoms with Crippen LogP contribution in [0.5, 0.6) is 0 Å². The maximum atomic E-state index is 12.9. The van der Waals surface area contributed by atoms with E-state index in [0.29, 0.717) is 24.7 Å². The number of aromatic nitrogens is 1. The quantitative estimate of drug-likeness (QED) is 0.284. The van der Waals surface area contributed by atoms with Crippen molar-refractivity contribution in [3.63, 3.8) is 0 Å². The van der Waals surface area contributed by atoms with Crippen molar-refractivity contribution in [3.8, 4) is 0 Å². The molecule has 3 rings (SSSR count). The first-order chi connectivity index (χ1) is 15.3. The third-order valence-corrected chi connectivity index (χ3v) is 5.58. The lowest BCUT2D eigenvalue weighted by Crippen LogP contribution is -2.48. The number of aliphatic imine (C=N–C) groups is 1. The van der Waals surface area contributed by atoms with Gasteiger partial charge in [0, 0.05) is 50.7 Å². The van der Waals surface area contributed by atoms with E-state index in [-0.39, 0.29) is 24.0 Å². The number of pyridine rings is 1. The molecule has 0 amide bonds. The fraction of sp³-hybridized carbons (Fsp3) is 0.500. The van der Waals surface area contributed by atoms with Crippen molar-refractivity contribution in [2.45, 2.75) is 51.9 Å². The molecule has 0 radical (unpaired) electrons. The van der Waals surface area contributed by atoms with E-state index >= 15 is 0 Å². The van der Waals surface area contributed by atoms with Gasteiger partial charge in [0.05, 0.1) is 5.56 Å². The number of piperidine rings is 1. The van der Waals surface area contributed by atoms with Crippen LogP contribution in [-0.2, 0) is 19.1 Å². The summed E-state index contributed by atoms with van der Waals surface area (Å²) >= 11 is 0. The predicted octanol–water partition coefficient (Wildman–Crippen LogP) is 4.79. The Morgan fingerprint density at radius 2 is 1.91 bits per heavy atom. The topological polar surface area (TPSA) is 52.6 Å². The Bertz CT molecular complexity index is 878. The molecule has 182 valence electrons. The Morgan fingerprint density at radius 1 is 1.15 bits per heavy atom. The van der Waals surface area contributed by atoms with Crippen molar-refractivity contribution in [1.29, 1.82) is 0 Å². The minimum Gasteiger partial charge on any atom is -0.357 e. The molecule has 5 nitrogen and oxygen atoms in total. The minimum atomic E-state index is -4.30. The van der Waals surface area contributed by atoms with Crippen LogP contribution in [0.1, 0.15) is 42.1 Å². The second-order valence-electron chi connectivity index (χ2n) is 8.21. The van der Waals surface area contributed by atoms with E-state index in [1.54, 1.807) is 6.07 Å². The third kappa shape index (κ3) is 9.11. The third-order valence-electron chi connectivity index (χ3n) is 5.58. The SMILES string of the molecule is CCNC(=NCCc1ccc(C)nc1)NC1CCN(Cc2cccc(C(F)(F)F)c2)CC1.I. The summed E-state index contributed by atoms with van der Waals surface area (Å²) in [5.74, 6) is 0.809. The lowest BCUT2D eigenvalue weighted by atomic mass is 10.0.